The molecule has 412 valence electrons. The first-order valence-corrected chi connectivity index (χ1v) is 26.4. The molecule has 8 aliphatic rings. The van der Waals surface area contributed by atoms with Gasteiger partial charge >= 0.3 is 47.9 Å². The van der Waals surface area contributed by atoms with Crippen LogP contribution in [0.1, 0.15) is 109 Å². The van der Waals surface area contributed by atoms with Crippen molar-refractivity contribution in [3.05, 3.63) is 145 Å². The molecule has 2 saturated carbocycles. The van der Waals surface area contributed by atoms with Crippen molar-refractivity contribution in [2.75, 3.05) is 0 Å². The molecule has 0 radical (unpaired) electrons. The van der Waals surface area contributed by atoms with Gasteiger partial charge < -0.3 is 0 Å². The molecule has 2 nitrogen and oxygen atoms in total. The first kappa shape index (κ1) is 47.7. The number of alkyl halides is 18. The van der Waals surface area contributed by atoms with Crippen molar-refractivity contribution in [2.24, 2.45) is 17.8 Å². The number of fused-ring (bicyclic) bond motifs is 8. The van der Waals surface area contributed by atoms with Gasteiger partial charge in [-0.05, 0) is 202 Å². The molecule has 20 heteroatoms. The predicted molar refractivity (Wildman–Crippen MR) is 266 cm³/mol. The molecule has 11 aromatic rings. The number of allylic oxidation sites excluding steroid dienone is 2. The van der Waals surface area contributed by atoms with Crippen LogP contribution >= 0.6 is 0 Å². The second kappa shape index (κ2) is 12.7. The standard InChI is InChI=1S/C63H24F18N2/c1-16-29-27-6-4-25-23-2-3-24-26-5-7-28-36-34(26)41-32(24)31(23)40-33(25)35(27)42-38(29)39-30(16)52-51-44(43(36)49-47(41)46(40)48(42)50(49)45(39)51)37(28)53-54(52)55(53,19-9-17(14-82)8-18(10-19)15-83)20-11-21(56(64,65)58(68,69)60(72,73)62(76,77)78)13-22(12-20)57(66,67)59(70,71)61(74,75)63(79,80)81/h2-13,16,25,27,29,33,35,38,53-54H,1H3. The first-order valence-electron chi connectivity index (χ1n) is 26.4. The summed E-state index contributed by atoms with van der Waals surface area (Å²) in [6.07, 6.45) is -10.5. The van der Waals surface area contributed by atoms with Crippen molar-refractivity contribution in [3.63, 3.8) is 0 Å². The Labute approximate surface area is 450 Å². The van der Waals surface area contributed by atoms with Crippen LogP contribution in [-0.4, -0.2) is 36.0 Å². The number of halogens is 18. The molecular formula is C63H24F18N2. The molecule has 0 amide bonds. The maximum atomic E-state index is 16.9. The van der Waals surface area contributed by atoms with Crippen molar-refractivity contribution in [1.29, 1.82) is 10.5 Å². The summed E-state index contributed by atoms with van der Waals surface area (Å²) < 4.78 is 274. The molecule has 83 heavy (non-hydrogen) atoms. The van der Waals surface area contributed by atoms with E-state index in [4.69, 9.17) is 0 Å². The van der Waals surface area contributed by atoms with Gasteiger partial charge in [0.2, 0.25) is 0 Å². The van der Waals surface area contributed by atoms with Gasteiger partial charge in [0, 0.05) is 46.1 Å². The van der Waals surface area contributed by atoms with Crippen molar-refractivity contribution in [1.82, 2.24) is 0 Å². The minimum Gasteiger partial charge on any atom is -0.194 e. The summed E-state index contributed by atoms with van der Waals surface area (Å²) in [6.45, 7) is 1.98. The number of nitriles is 2. The predicted octanol–water partition coefficient (Wildman–Crippen LogP) is 17.6. The highest BCUT2D eigenvalue weighted by Crippen LogP contribution is 2.84. The van der Waals surface area contributed by atoms with Crippen LogP contribution in [0.15, 0.2) is 72.8 Å². The topological polar surface area (TPSA) is 47.6 Å². The molecular weight excluding hydrogens is 1130 g/mol. The van der Waals surface area contributed by atoms with Gasteiger partial charge in [-0.15, -0.1) is 0 Å². The number of hydrogen-bond acceptors (Lipinski definition) is 2. The van der Waals surface area contributed by atoms with E-state index < -0.39 is 105 Å². The summed E-state index contributed by atoms with van der Waals surface area (Å²) in [4.78, 5) is 0. The molecule has 0 aromatic heterocycles. The van der Waals surface area contributed by atoms with E-state index in [0.717, 1.165) is 88.2 Å². The Bertz CT molecular complexity index is 5100. The van der Waals surface area contributed by atoms with Crippen LogP contribution in [-0.2, 0) is 17.3 Å². The third-order valence-electron chi connectivity index (χ3n) is 21.9. The van der Waals surface area contributed by atoms with Crippen LogP contribution in [0.4, 0.5) is 79.0 Å². The smallest absolute Gasteiger partial charge is 0.194 e. The fourth-order valence-corrected chi connectivity index (χ4v) is 19.5. The second-order valence-electron chi connectivity index (χ2n) is 24.6. The van der Waals surface area contributed by atoms with Gasteiger partial charge in [-0.1, -0.05) is 43.3 Å². The molecule has 10 unspecified atom stereocenters. The van der Waals surface area contributed by atoms with Crippen LogP contribution < -0.4 is 5.22 Å². The average molecular weight is 1150 g/mol. The van der Waals surface area contributed by atoms with Gasteiger partial charge in [-0.2, -0.15) is 89.6 Å². The van der Waals surface area contributed by atoms with Gasteiger partial charge in [0.05, 0.1) is 23.3 Å². The van der Waals surface area contributed by atoms with Gasteiger partial charge in [-0.3, -0.25) is 0 Å². The van der Waals surface area contributed by atoms with Gasteiger partial charge in [0.15, 0.2) is 0 Å². The van der Waals surface area contributed by atoms with Gasteiger partial charge in [-0.25, -0.2) is 0 Å². The number of rotatable bonds is 8. The van der Waals surface area contributed by atoms with Crippen LogP contribution in [0.25, 0.3) is 91.8 Å². The third-order valence-corrected chi connectivity index (χ3v) is 21.9. The Morgan fingerprint density at radius 1 is 0.434 bits per heavy atom. The van der Waals surface area contributed by atoms with Gasteiger partial charge in [0.25, 0.3) is 0 Å². The van der Waals surface area contributed by atoms with Crippen LogP contribution in [0.2, 0.25) is 0 Å². The molecule has 0 heterocycles. The first-order chi connectivity index (χ1) is 38.9. The lowest BCUT2D eigenvalue weighted by molar-refractivity contribution is -0.400. The fraction of sp³-hybridized carbons (Fsp3) is 0.302. The number of nitrogens with zero attached hydrogens (tertiary/aromatic N) is 2. The zero-order valence-corrected chi connectivity index (χ0v) is 41.3. The largest absolute Gasteiger partial charge is 0.460 e. The molecule has 8 aliphatic carbocycles. The van der Waals surface area contributed by atoms with Crippen molar-refractivity contribution in [2.45, 2.75) is 95.7 Å². The summed E-state index contributed by atoms with van der Waals surface area (Å²) in [5.74, 6) is -48.9. The lowest BCUT2D eigenvalue weighted by Gasteiger charge is -2.39. The van der Waals surface area contributed by atoms with Crippen molar-refractivity contribution < 1.29 is 79.0 Å². The zero-order chi connectivity index (χ0) is 57.9. The monoisotopic (exact) mass is 1150 g/mol. The fourth-order valence-electron chi connectivity index (χ4n) is 19.5. The van der Waals surface area contributed by atoms with Crippen LogP contribution in [0.3, 0.4) is 0 Å². The maximum absolute atomic E-state index is 16.9. The SMILES string of the molecule is CC1c2c3c4c5c2C2C6=c7c8c9c%10c(ccc%11c%12ccc%13c(c4c4c%13c%12c(c%10%11)c8c4c75)C4C3C4(c3cc(C#N)cc(C#N)c3)c3cc(C(F)(F)C(F)(F)C(F)(F)C(F)(F)F)cc(C(F)(F)C(F)(F)C(F)(F)C(F)(F)F)c3)C3C=CC(C6C93)C12. The molecule has 19 rings (SSSR count). The quantitative estimate of drug-likeness (QED) is 0.0865. The summed E-state index contributed by atoms with van der Waals surface area (Å²) in [5, 5.41) is 35.7. The highest BCUT2D eigenvalue weighted by molar-refractivity contribution is 6.57. The zero-order valence-electron chi connectivity index (χ0n) is 41.3. The lowest BCUT2D eigenvalue weighted by atomic mass is 9.64. The summed E-state index contributed by atoms with van der Waals surface area (Å²) in [6, 6.07) is 13.1. The van der Waals surface area contributed by atoms with Crippen LogP contribution in [0, 0.1) is 40.4 Å². The summed E-state index contributed by atoms with van der Waals surface area (Å²) in [7, 11) is 0. The highest BCUT2D eigenvalue weighted by atomic mass is 19.4. The van der Waals surface area contributed by atoms with Crippen LogP contribution in [0.5, 0.6) is 0 Å². The summed E-state index contributed by atoms with van der Waals surface area (Å²) >= 11 is 0. The maximum Gasteiger partial charge on any atom is 0.460 e. The Hall–Kier alpha value is -7.74. The summed E-state index contributed by atoms with van der Waals surface area (Å²) in [5.41, 5.74) is -5.06. The minimum absolute atomic E-state index is 0.0247. The molecule has 0 bridgehead atoms. The van der Waals surface area contributed by atoms with E-state index in [1.807, 2.05) is 25.1 Å². The van der Waals surface area contributed by atoms with E-state index in [1.165, 1.54) is 22.1 Å². The Balaban J connectivity index is 1.01. The van der Waals surface area contributed by atoms with E-state index in [9.17, 15) is 54.4 Å². The van der Waals surface area contributed by atoms with E-state index in [1.54, 1.807) is 6.07 Å². The average Bonchev–Trinajstić information content (AvgIpc) is 1.43. The molecule has 0 aliphatic heterocycles. The van der Waals surface area contributed by atoms with Gasteiger partial charge in [0.1, 0.15) is 0 Å². The van der Waals surface area contributed by atoms with E-state index >= 15 is 35.1 Å². The Morgan fingerprint density at radius 3 is 1.53 bits per heavy atom. The van der Waals surface area contributed by atoms with E-state index in [0.29, 0.717) is 38.2 Å². The van der Waals surface area contributed by atoms with Crippen molar-refractivity contribution in [3.8, 4) is 12.1 Å². The lowest BCUT2D eigenvalue weighted by Crippen LogP contribution is -2.60. The molecule has 10 atom stereocenters. The minimum atomic E-state index is -7.76. The highest BCUT2D eigenvalue weighted by Gasteiger charge is 2.84. The molecule has 0 spiro atoms. The second-order valence-corrected chi connectivity index (χ2v) is 24.6. The molecule has 11 aromatic carbocycles. The normalized spacial score (nSPS) is 27.5. The number of benzene rings is 7. The van der Waals surface area contributed by atoms with E-state index in [2.05, 4.69) is 24.3 Å². The number of hydrogen-bond donors (Lipinski definition) is 0. The molecule has 0 N–H and O–H groups in total. The Morgan fingerprint density at radius 2 is 0.928 bits per heavy atom. The van der Waals surface area contributed by atoms with E-state index in [-0.39, 0.29) is 53.2 Å². The molecule has 2 fully saturated rings. The molecule has 0 saturated heterocycles. The van der Waals surface area contributed by atoms with Crippen molar-refractivity contribution >= 4 is 91.8 Å². The third kappa shape index (κ3) is 4.22. The Kier molecular flexibility index (Phi) is 7.29.